The van der Waals surface area contributed by atoms with E-state index in [9.17, 15) is 9.59 Å². The standard InChI is InChI=1S/C14H18N2O4/c1-3-5-12(13(17)18)16-14(19)15-10(2)7-8-11-6-4-9-20-11/h1,4,6,9-10,12H,5,7-8H2,2H3,(H,17,18)(H2,15,16,19). The highest BCUT2D eigenvalue weighted by Crippen LogP contribution is 2.05. The number of amides is 2. The molecule has 0 saturated carbocycles. The first kappa shape index (κ1) is 15.6. The molecule has 0 radical (unpaired) electrons. The number of carboxylic acids is 1. The predicted octanol–water partition coefficient (Wildman–Crippen LogP) is 1.38. The van der Waals surface area contributed by atoms with Gasteiger partial charge in [0, 0.05) is 18.9 Å². The fourth-order valence-electron chi connectivity index (χ4n) is 1.63. The highest BCUT2D eigenvalue weighted by Gasteiger charge is 2.19. The predicted molar refractivity (Wildman–Crippen MR) is 73.0 cm³/mol. The summed E-state index contributed by atoms with van der Waals surface area (Å²) in [5.41, 5.74) is 0. The van der Waals surface area contributed by atoms with Gasteiger partial charge in [-0.2, -0.15) is 0 Å². The monoisotopic (exact) mass is 278 g/mol. The molecule has 0 spiro atoms. The van der Waals surface area contributed by atoms with E-state index < -0.39 is 18.0 Å². The zero-order chi connectivity index (χ0) is 15.0. The van der Waals surface area contributed by atoms with Crippen LogP contribution < -0.4 is 10.6 Å². The maximum absolute atomic E-state index is 11.6. The van der Waals surface area contributed by atoms with Crippen molar-refractivity contribution in [2.24, 2.45) is 0 Å². The molecule has 3 N–H and O–H groups in total. The number of furan rings is 1. The van der Waals surface area contributed by atoms with Crippen LogP contribution in [0.5, 0.6) is 0 Å². The van der Waals surface area contributed by atoms with Gasteiger partial charge in [0.05, 0.1) is 6.26 Å². The van der Waals surface area contributed by atoms with Crippen LogP contribution in [-0.4, -0.2) is 29.2 Å². The normalized spacial score (nSPS) is 13.0. The van der Waals surface area contributed by atoms with E-state index in [0.29, 0.717) is 12.8 Å². The Balaban J connectivity index is 2.33. The van der Waals surface area contributed by atoms with Crippen molar-refractivity contribution in [3.05, 3.63) is 24.2 Å². The minimum Gasteiger partial charge on any atom is -0.480 e. The number of terminal acetylenes is 1. The van der Waals surface area contributed by atoms with Gasteiger partial charge in [-0.05, 0) is 25.5 Å². The molecule has 6 nitrogen and oxygen atoms in total. The number of aryl methyl sites for hydroxylation is 1. The summed E-state index contributed by atoms with van der Waals surface area (Å²) in [4.78, 5) is 22.5. The van der Waals surface area contributed by atoms with Crippen molar-refractivity contribution in [1.82, 2.24) is 10.6 Å². The molecule has 0 aliphatic carbocycles. The number of hydrogen-bond acceptors (Lipinski definition) is 3. The zero-order valence-electron chi connectivity index (χ0n) is 11.3. The molecule has 0 fully saturated rings. The summed E-state index contributed by atoms with van der Waals surface area (Å²) in [6, 6.07) is 1.94. The first-order valence-corrected chi connectivity index (χ1v) is 6.28. The van der Waals surface area contributed by atoms with E-state index in [0.717, 1.165) is 5.76 Å². The van der Waals surface area contributed by atoms with E-state index in [1.54, 1.807) is 12.3 Å². The van der Waals surface area contributed by atoms with Crippen molar-refractivity contribution in [2.75, 3.05) is 0 Å². The van der Waals surface area contributed by atoms with Gasteiger partial charge in [-0.1, -0.05) is 0 Å². The van der Waals surface area contributed by atoms with Crippen molar-refractivity contribution >= 4 is 12.0 Å². The quantitative estimate of drug-likeness (QED) is 0.657. The summed E-state index contributed by atoms with van der Waals surface area (Å²) in [7, 11) is 0. The van der Waals surface area contributed by atoms with Gasteiger partial charge in [-0.25, -0.2) is 9.59 Å². The lowest BCUT2D eigenvalue weighted by atomic mass is 10.1. The average molecular weight is 278 g/mol. The van der Waals surface area contributed by atoms with Crippen LogP contribution in [0.3, 0.4) is 0 Å². The SMILES string of the molecule is C#CCC(NC(=O)NC(C)CCc1ccco1)C(=O)O. The highest BCUT2D eigenvalue weighted by molar-refractivity contribution is 5.82. The maximum atomic E-state index is 11.6. The molecular formula is C14H18N2O4. The molecule has 2 amide bonds. The van der Waals surface area contributed by atoms with E-state index in [1.807, 2.05) is 13.0 Å². The van der Waals surface area contributed by atoms with Crippen LogP contribution >= 0.6 is 0 Å². The molecule has 0 aliphatic heterocycles. The lowest BCUT2D eigenvalue weighted by Crippen LogP contribution is -2.48. The third-order valence-corrected chi connectivity index (χ3v) is 2.71. The molecule has 20 heavy (non-hydrogen) atoms. The third-order valence-electron chi connectivity index (χ3n) is 2.71. The minimum absolute atomic E-state index is 0.0521. The molecule has 1 aromatic heterocycles. The van der Waals surface area contributed by atoms with E-state index in [-0.39, 0.29) is 12.5 Å². The number of urea groups is 1. The highest BCUT2D eigenvalue weighted by atomic mass is 16.4. The Kier molecular flexibility index (Phi) is 6.17. The Labute approximate surface area is 117 Å². The number of carboxylic acid groups (broad SMARTS) is 1. The number of rotatable bonds is 7. The van der Waals surface area contributed by atoms with E-state index in [2.05, 4.69) is 16.6 Å². The minimum atomic E-state index is -1.15. The lowest BCUT2D eigenvalue weighted by Gasteiger charge is -2.16. The van der Waals surface area contributed by atoms with Crippen molar-refractivity contribution in [3.63, 3.8) is 0 Å². The fraction of sp³-hybridized carbons (Fsp3) is 0.429. The summed E-state index contributed by atoms with van der Waals surface area (Å²) in [5, 5.41) is 13.9. The van der Waals surface area contributed by atoms with Crippen LogP contribution in [0.2, 0.25) is 0 Å². The van der Waals surface area contributed by atoms with E-state index in [4.69, 9.17) is 15.9 Å². The molecule has 0 bridgehead atoms. The molecule has 0 saturated heterocycles. The Morgan fingerprint density at radius 1 is 1.50 bits per heavy atom. The Bertz CT molecular complexity index is 476. The summed E-state index contributed by atoms with van der Waals surface area (Å²) in [5.74, 6) is 1.91. The Morgan fingerprint density at radius 3 is 2.80 bits per heavy atom. The molecule has 0 aliphatic rings. The van der Waals surface area contributed by atoms with Gasteiger partial charge >= 0.3 is 12.0 Å². The van der Waals surface area contributed by atoms with Crippen LogP contribution in [0.15, 0.2) is 22.8 Å². The van der Waals surface area contributed by atoms with Crippen LogP contribution in [0.1, 0.15) is 25.5 Å². The Hall–Kier alpha value is -2.42. The van der Waals surface area contributed by atoms with Gasteiger partial charge in [0.25, 0.3) is 0 Å². The number of hydrogen-bond donors (Lipinski definition) is 3. The molecule has 108 valence electrons. The van der Waals surface area contributed by atoms with Crippen molar-refractivity contribution in [2.45, 2.75) is 38.3 Å². The number of carbonyl (C=O) groups is 2. The number of aliphatic carboxylic acids is 1. The van der Waals surface area contributed by atoms with Gasteiger partial charge < -0.3 is 20.2 Å². The average Bonchev–Trinajstić information content (AvgIpc) is 2.88. The lowest BCUT2D eigenvalue weighted by molar-refractivity contribution is -0.139. The van der Waals surface area contributed by atoms with Crippen molar-refractivity contribution in [3.8, 4) is 12.3 Å². The smallest absolute Gasteiger partial charge is 0.327 e. The number of nitrogens with one attached hydrogen (secondary N) is 2. The second kappa shape index (κ2) is 7.89. The second-order valence-electron chi connectivity index (χ2n) is 4.44. The molecule has 1 rings (SSSR count). The van der Waals surface area contributed by atoms with Crippen LogP contribution in [0, 0.1) is 12.3 Å². The summed E-state index contributed by atoms with van der Waals surface area (Å²) >= 11 is 0. The van der Waals surface area contributed by atoms with Crippen LogP contribution in [0.4, 0.5) is 4.79 Å². The third kappa shape index (κ3) is 5.48. The summed E-state index contributed by atoms with van der Waals surface area (Å²) in [6.45, 7) is 1.83. The number of carbonyl (C=O) groups excluding carboxylic acids is 1. The first-order chi connectivity index (χ1) is 9.52. The van der Waals surface area contributed by atoms with Crippen molar-refractivity contribution < 1.29 is 19.1 Å². The molecule has 2 unspecified atom stereocenters. The largest absolute Gasteiger partial charge is 0.480 e. The molecule has 1 heterocycles. The zero-order valence-corrected chi connectivity index (χ0v) is 11.3. The maximum Gasteiger partial charge on any atom is 0.327 e. The first-order valence-electron chi connectivity index (χ1n) is 6.28. The van der Waals surface area contributed by atoms with Gasteiger partial charge in [0.2, 0.25) is 0 Å². The Morgan fingerprint density at radius 2 is 2.25 bits per heavy atom. The van der Waals surface area contributed by atoms with Crippen LogP contribution in [0.25, 0.3) is 0 Å². The fourth-order valence-corrected chi connectivity index (χ4v) is 1.63. The molecule has 1 aromatic rings. The topological polar surface area (TPSA) is 91.6 Å². The van der Waals surface area contributed by atoms with Crippen LogP contribution in [-0.2, 0) is 11.2 Å². The molecule has 0 aromatic carbocycles. The van der Waals surface area contributed by atoms with Gasteiger partial charge in [-0.3, -0.25) is 0 Å². The second-order valence-corrected chi connectivity index (χ2v) is 4.44. The van der Waals surface area contributed by atoms with Gasteiger partial charge in [0.1, 0.15) is 11.8 Å². The summed E-state index contributed by atoms with van der Waals surface area (Å²) < 4.78 is 5.19. The van der Waals surface area contributed by atoms with Gasteiger partial charge in [-0.15, -0.1) is 12.3 Å². The molecule has 2 atom stereocenters. The molecular weight excluding hydrogens is 260 g/mol. The van der Waals surface area contributed by atoms with Gasteiger partial charge in [0.15, 0.2) is 0 Å². The summed E-state index contributed by atoms with van der Waals surface area (Å²) in [6.07, 6.45) is 7.98. The van der Waals surface area contributed by atoms with E-state index >= 15 is 0 Å². The van der Waals surface area contributed by atoms with Crippen molar-refractivity contribution in [1.29, 1.82) is 0 Å². The van der Waals surface area contributed by atoms with E-state index in [1.165, 1.54) is 0 Å². The molecule has 6 heteroatoms.